The summed E-state index contributed by atoms with van der Waals surface area (Å²) in [5, 5.41) is 0. The van der Waals surface area contributed by atoms with Gasteiger partial charge < -0.3 is 16.2 Å². The SMILES string of the molecule is CC(C(N)=O)N1CCC(OCCCN)CC1. The third-order valence-corrected chi connectivity index (χ3v) is 3.14. The first kappa shape index (κ1) is 13.4. The highest BCUT2D eigenvalue weighted by Crippen LogP contribution is 2.15. The van der Waals surface area contributed by atoms with E-state index in [9.17, 15) is 4.79 Å². The standard InChI is InChI=1S/C11H23N3O2/c1-9(11(13)15)14-6-3-10(4-7-14)16-8-2-5-12/h9-10H,2-8,12H2,1H3,(H2,13,15). The van der Waals surface area contributed by atoms with Gasteiger partial charge in [0, 0.05) is 19.7 Å². The second kappa shape index (κ2) is 6.83. The van der Waals surface area contributed by atoms with Crippen LogP contribution in [0.25, 0.3) is 0 Å². The van der Waals surface area contributed by atoms with Crippen molar-refractivity contribution in [2.24, 2.45) is 11.5 Å². The Labute approximate surface area is 97.1 Å². The van der Waals surface area contributed by atoms with Gasteiger partial charge in [0.1, 0.15) is 0 Å². The Balaban J connectivity index is 2.20. The Morgan fingerprint density at radius 1 is 1.50 bits per heavy atom. The van der Waals surface area contributed by atoms with Crippen molar-refractivity contribution in [2.45, 2.75) is 38.3 Å². The molecule has 1 aliphatic heterocycles. The van der Waals surface area contributed by atoms with Gasteiger partial charge in [-0.1, -0.05) is 0 Å². The number of nitrogens with zero attached hydrogens (tertiary/aromatic N) is 1. The Morgan fingerprint density at radius 3 is 2.62 bits per heavy atom. The highest BCUT2D eigenvalue weighted by atomic mass is 16.5. The maximum Gasteiger partial charge on any atom is 0.234 e. The normalized spacial score (nSPS) is 20.9. The first-order valence-corrected chi connectivity index (χ1v) is 6.00. The number of likely N-dealkylation sites (tertiary alicyclic amines) is 1. The minimum Gasteiger partial charge on any atom is -0.378 e. The molecule has 0 aromatic rings. The highest BCUT2D eigenvalue weighted by molar-refractivity contribution is 5.79. The summed E-state index contributed by atoms with van der Waals surface area (Å²) in [7, 11) is 0. The molecule has 0 bridgehead atoms. The van der Waals surface area contributed by atoms with E-state index in [4.69, 9.17) is 16.2 Å². The number of carbonyl (C=O) groups excluding carboxylic acids is 1. The number of primary amides is 1. The molecule has 1 rings (SSSR count). The lowest BCUT2D eigenvalue weighted by molar-refractivity contribution is -0.123. The van der Waals surface area contributed by atoms with Crippen LogP contribution in [0.3, 0.4) is 0 Å². The number of hydrogen-bond donors (Lipinski definition) is 2. The number of ether oxygens (including phenoxy) is 1. The molecule has 0 aromatic carbocycles. The number of rotatable bonds is 6. The summed E-state index contributed by atoms with van der Waals surface area (Å²) in [6.07, 6.45) is 3.19. The quantitative estimate of drug-likeness (QED) is 0.612. The molecule has 0 saturated carbocycles. The van der Waals surface area contributed by atoms with Gasteiger partial charge in [-0.2, -0.15) is 0 Å². The molecule has 1 heterocycles. The molecular formula is C11H23N3O2. The lowest BCUT2D eigenvalue weighted by atomic mass is 10.1. The van der Waals surface area contributed by atoms with E-state index < -0.39 is 0 Å². The van der Waals surface area contributed by atoms with Crippen LogP contribution >= 0.6 is 0 Å². The van der Waals surface area contributed by atoms with Crippen molar-refractivity contribution in [1.82, 2.24) is 4.90 Å². The summed E-state index contributed by atoms with van der Waals surface area (Å²) >= 11 is 0. The maximum absolute atomic E-state index is 11.0. The van der Waals surface area contributed by atoms with Crippen LogP contribution in [0.5, 0.6) is 0 Å². The summed E-state index contributed by atoms with van der Waals surface area (Å²) in [4.78, 5) is 13.1. The number of amides is 1. The fraction of sp³-hybridized carbons (Fsp3) is 0.909. The molecule has 0 spiro atoms. The summed E-state index contributed by atoms with van der Waals surface area (Å²) in [5.74, 6) is -0.248. The Bertz CT molecular complexity index is 215. The molecule has 1 fully saturated rings. The third kappa shape index (κ3) is 4.08. The van der Waals surface area contributed by atoms with Crippen LogP contribution in [0.15, 0.2) is 0 Å². The fourth-order valence-electron chi connectivity index (χ4n) is 1.94. The predicted molar refractivity (Wildman–Crippen MR) is 62.9 cm³/mol. The Kier molecular flexibility index (Phi) is 5.73. The zero-order chi connectivity index (χ0) is 12.0. The predicted octanol–water partition coefficient (Wildman–Crippen LogP) is -0.310. The Hall–Kier alpha value is -0.650. The average molecular weight is 229 g/mol. The van der Waals surface area contributed by atoms with Crippen LogP contribution in [0.1, 0.15) is 26.2 Å². The van der Waals surface area contributed by atoms with Crippen LogP contribution in [-0.4, -0.2) is 49.2 Å². The summed E-state index contributed by atoms with van der Waals surface area (Å²) < 4.78 is 5.69. The molecule has 1 aliphatic rings. The number of hydrogen-bond acceptors (Lipinski definition) is 4. The number of nitrogens with two attached hydrogens (primary N) is 2. The summed E-state index contributed by atoms with van der Waals surface area (Å²) in [6, 6.07) is -0.162. The zero-order valence-corrected chi connectivity index (χ0v) is 10.0. The van der Waals surface area contributed by atoms with Gasteiger partial charge in [-0.25, -0.2) is 0 Å². The largest absolute Gasteiger partial charge is 0.378 e. The van der Waals surface area contributed by atoms with Crippen LogP contribution in [0, 0.1) is 0 Å². The highest BCUT2D eigenvalue weighted by Gasteiger charge is 2.25. The smallest absolute Gasteiger partial charge is 0.234 e. The molecule has 94 valence electrons. The van der Waals surface area contributed by atoms with Crippen molar-refractivity contribution < 1.29 is 9.53 Å². The molecule has 1 saturated heterocycles. The van der Waals surface area contributed by atoms with Crippen molar-refractivity contribution in [3.05, 3.63) is 0 Å². The van der Waals surface area contributed by atoms with Gasteiger partial charge in [0.25, 0.3) is 0 Å². The van der Waals surface area contributed by atoms with E-state index in [0.717, 1.165) is 39.0 Å². The van der Waals surface area contributed by atoms with Crippen molar-refractivity contribution in [1.29, 1.82) is 0 Å². The molecule has 16 heavy (non-hydrogen) atoms. The minimum atomic E-state index is -0.248. The number of carbonyl (C=O) groups is 1. The topological polar surface area (TPSA) is 81.6 Å². The second-order valence-corrected chi connectivity index (χ2v) is 4.33. The lowest BCUT2D eigenvalue weighted by Crippen LogP contribution is -2.47. The average Bonchev–Trinajstić information content (AvgIpc) is 2.29. The van der Waals surface area contributed by atoms with Crippen LogP contribution in [0.2, 0.25) is 0 Å². The van der Waals surface area contributed by atoms with E-state index >= 15 is 0 Å². The van der Waals surface area contributed by atoms with Crippen LogP contribution in [0.4, 0.5) is 0 Å². The van der Waals surface area contributed by atoms with Gasteiger partial charge in [0.15, 0.2) is 0 Å². The molecule has 0 aliphatic carbocycles. The van der Waals surface area contributed by atoms with Crippen molar-refractivity contribution >= 4 is 5.91 Å². The van der Waals surface area contributed by atoms with E-state index in [2.05, 4.69) is 4.90 Å². The first-order chi connectivity index (χ1) is 7.65. The molecule has 1 amide bonds. The summed E-state index contributed by atoms with van der Waals surface area (Å²) in [6.45, 7) is 5.05. The van der Waals surface area contributed by atoms with Crippen LogP contribution < -0.4 is 11.5 Å². The molecule has 5 heteroatoms. The molecule has 1 atom stereocenters. The number of piperidine rings is 1. The van der Waals surface area contributed by atoms with Crippen molar-refractivity contribution in [3.63, 3.8) is 0 Å². The lowest BCUT2D eigenvalue weighted by Gasteiger charge is -2.34. The Morgan fingerprint density at radius 2 is 2.12 bits per heavy atom. The molecule has 0 radical (unpaired) electrons. The van der Waals surface area contributed by atoms with Gasteiger partial charge in [-0.3, -0.25) is 9.69 Å². The maximum atomic E-state index is 11.0. The molecule has 0 aromatic heterocycles. The fourth-order valence-corrected chi connectivity index (χ4v) is 1.94. The summed E-state index contributed by atoms with van der Waals surface area (Å²) in [5.41, 5.74) is 10.7. The van der Waals surface area contributed by atoms with E-state index in [1.807, 2.05) is 6.92 Å². The van der Waals surface area contributed by atoms with Crippen molar-refractivity contribution in [3.8, 4) is 0 Å². The van der Waals surface area contributed by atoms with Gasteiger partial charge >= 0.3 is 0 Å². The second-order valence-electron chi connectivity index (χ2n) is 4.33. The van der Waals surface area contributed by atoms with Gasteiger partial charge in [-0.15, -0.1) is 0 Å². The monoisotopic (exact) mass is 229 g/mol. The van der Waals surface area contributed by atoms with E-state index in [0.29, 0.717) is 12.6 Å². The third-order valence-electron chi connectivity index (χ3n) is 3.14. The van der Waals surface area contributed by atoms with Gasteiger partial charge in [0.2, 0.25) is 5.91 Å². The first-order valence-electron chi connectivity index (χ1n) is 6.00. The van der Waals surface area contributed by atoms with E-state index in [1.165, 1.54) is 0 Å². The molecular weight excluding hydrogens is 206 g/mol. The van der Waals surface area contributed by atoms with Crippen molar-refractivity contribution in [2.75, 3.05) is 26.2 Å². The molecule has 1 unspecified atom stereocenters. The van der Waals surface area contributed by atoms with E-state index in [-0.39, 0.29) is 11.9 Å². The van der Waals surface area contributed by atoms with Crippen LogP contribution in [-0.2, 0) is 9.53 Å². The molecule has 4 N–H and O–H groups in total. The minimum absolute atomic E-state index is 0.162. The van der Waals surface area contributed by atoms with Gasteiger partial charge in [0.05, 0.1) is 12.1 Å². The van der Waals surface area contributed by atoms with E-state index in [1.54, 1.807) is 0 Å². The molecule has 5 nitrogen and oxygen atoms in total. The van der Waals surface area contributed by atoms with Gasteiger partial charge in [-0.05, 0) is 32.7 Å². The zero-order valence-electron chi connectivity index (χ0n) is 10.0.